The summed E-state index contributed by atoms with van der Waals surface area (Å²) in [6.45, 7) is 4.39. The Balaban J connectivity index is 1.74. The van der Waals surface area contributed by atoms with E-state index in [4.69, 9.17) is 4.74 Å². The molecule has 1 aliphatic heterocycles. The number of rotatable bonds is 5. The minimum atomic E-state index is 0.0296. The topological polar surface area (TPSA) is 41.6 Å². The zero-order valence-corrected chi connectivity index (χ0v) is 17.7. The largest absolute Gasteiger partial charge is 0.497 e. The van der Waals surface area contributed by atoms with Gasteiger partial charge in [0.05, 0.1) is 13.2 Å². The van der Waals surface area contributed by atoms with E-state index in [-0.39, 0.29) is 23.9 Å². The van der Waals surface area contributed by atoms with Gasteiger partial charge >= 0.3 is 0 Å². The van der Waals surface area contributed by atoms with Gasteiger partial charge in [-0.2, -0.15) is 0 Å². The van der Waals surface area contributed by atoms with Crippen LogP contribution in [-0.4, -0.2) is 19.1 Å². The summed E-state index contributed by atoms with van der Waals surface area (Å²) >= 11 is 0. The molecule has 4 nitrogen and oxygen atoms in total. The molecule has 0 aliphatic carbocycles. The summed E-state index contributed by atoms with van der Waals surface area (Å²) in [7, 11) is 1.63. The standard InChI is InChI=1S/C26H28N2O2/c1-4-23-18(2)25(27-20-10-6-5-7-11-20)22-12-8-9-13-24(22)28(23)26(29)19-14-16-21(30-3)17-15-19/h5-18,23,25,27H,4H2,1-3H3/t18-,23-,25-/m1/s1. The van der Waals surface area contributed by atoms with Crippen LogP contribution >= 0.6 is 0 Å². The SMILES string of the molecule is CC[C@@H]1[C@@H](C)[C@@H](Nc2ccccc2)c2ccccc2N1C(=O)c1ccc(OC)cc1. The highest BCUT2D eigenvalue weighted by molar-refractivity contribution is 6.07. The fourth-order valence-corrected chi connectivity index (χ4v) is 4.50. The van der Waals surface area contributed by atoms with E-state index >= 15 is 0 Å². The molecule has 1 aliphatic rings. The van der Waals surface area contributed by atoms with Crippen molar-refractivity contribution >= 4 is 17.3 Å². The highest BCUT2D eigenvalue weighted by atomic mass is 16.5. The molecule has 1 amide bonds. The van der Waals surface area contributed by atoms with Crippen molar-refractivity contribution in [3.8, 4) is 5.75 Å². The summed E-state index contributed by atoms with van der Waals surface area (Å²) in [6, 6.07) is 26.1. The smallest absolute Gasteiger partial charge is 0.258 e. The van der Waals surface area contributed by atoms with E-state index in [1.165, 1.54) is 0 Å². The highest BCUT2D eigenvalue weighted by Gasteiger charge is 2.40. The van der Waals surface area contributed by atoms with Gasteiger partial charge in [0.15, 0.2) is 0 Å². The molecule has 0 unspecified atom stereocenters. The number of benzene rings is 3. The average molecular weight is 401 g/mol. The van der Waals surface area contributed by atoms with Gasteiger partial charge in [-0.15, -0.1) is 0 Å². The number of hydrogen-bond acceptors (Lipinski definition) is 3. The second-order valence-electron chi connectivity index (χ2n) is 7.79. The molecule has 1 N–H and O–H groups in total. The Bertz CT molecular complexity index is 1000. The molecule has 154 valence electrons. The van der Waals surface area contributed by atoms with Crippen LogP contribution < -0.4 is 15.0 Å². The summed E-state index contributed by atoms with van der Waals surface area (Å²) in [5, 5.41) is 3.71. The third-order valence-electron chi connectivity index (χ3n) is 6.07. The van der Waals surface area contributed by atoms with Crippen LogP contribution in [0.25, 0.3) is 0 Å². The Morgan fingerprint density at radius 3 is 2.30 bits per heavy atom. The summed E-state index contributed by atoms with van der Waals surface area (Å²) in [4.78, 5) is 15.6. The maximum absolute atomic E-state index is 13.6. The fraction of sp³-hybridized carbons (Fsp3) is 0.269. The lowest BCUT2D eigenvalue weighted by Crippen LogP contribution is -2.50. The summed E-state index contributed by atoms with van der Waals surface area (Å²) in [5.74, 6) is 1.02. The monoisotopic (exact) mass is 400 g/mol. The van der Waals surface area contributed by atoms with Crippen molar-refractivity contribution in [1.29, 1.82) is 0 Å². The molecule has 30 heavy (non-hydrogen) atoms. The molecule has 0 radical (unpaired) electrons. The number of ether oxygens (including phenoxy) is 1. The summed E-state index contributed by atoms with van der Waals surface area (Å²) in [6.07, 6.45) is 0.879. The molecule has 1 heterocycles. The average Bonchev–Trinajstić information content (AvgIpc) is 2.80. The first-order valence-electron chi connectivity index (χ1n) is 10.5. The number of anilines is 2. The van der Waals surface area contributed by atoms with Gasteiger partial charge in [0, 0.05) is 28.9 Å². The number of fused-ring (bicyclic) bond motifs is 1. The maximum Gasteiger partial charge on any atom is 0.258 e. The molecular weight excluding hydrogens is 372 g/mol. The van der Waals surface area contributed by atoms with Gasteiger partial charge in [-0.1, -0.05) is 50.2 Å². The minimum absolute atomic E-state index is 0.0296. The van der Waals surface area contributed by atoms with E-state index in [0.717, 1.165) is 29.1 Å². The van der Waals surface area contributed by atoms with Crippen molar-refractivity contribution in [3.05, 3.63) is 90.0 Å². The maximum atomic E-state index is 13.6. The fourth-order valence-electron chi connectivity index (χ4n) is 4.50. The van der Waals surface area contributed by atoms with Crippen molar-refractivity contribution in [2.45, 2.75) is 32.4 Å². The Kier molecular flexibility index (Phi) is 5.75. The van der Waals surface area contributed by atoms with Crippen molar-refractivity contribution < 1.29 is 9.53 Å². The van der Waals surface area contributed by atoms with Gasteiger partial charge in [0.1, 0.15) is 5.75 Å². The van der Waals surface area contributed by atoms with Crippen LogP contribution in [-0.2, 0) is 0 Å². The number of carbonyl (C=O) groups is 1. The molecule has 0 bridgehead atoms. The summed E-state index contributed by atoms with van der Waals surface area (Å²) < 4.78 is 5.25. The molecule has 3 aromatic rings. The van der Waals surface area contributed by atoms with Gasteiger partial charge in [-0.05, 0) is 54.4 Å². The van der Waals surface area contributed by atoms with Crippen LogP contribution in [0.4, 0.5) is 11.4 Å². The minimum Gasteiger partial charge on any atom is -0.497 e. The zero-order chi connectivity index (χ0) is 21.1. The van der Waals surface area contributed by atoms with Crippen LogP contribution in [0.1, 0.15) is 42.2 Å². The second-order valence-corrected chi connectivity index (χ2v) is 7.79. The van der Waals surface area contributed by atoms with Crippen molar-refractivity contribution in [2.24, 2.45) is 5.92 Å². The molecule has 0 fully saturated rings. The van der Waals surface area contributed by atoms with E-state index in [1.54, 1.807) is 7.11 Å². The summed E-state index contributed by atoms with van der Waals surface area (Å²) in [5.41, 5.74) is 3.90. The first kappa shape index (κ1) is 20.0. The van der Waals surface area contributed by atoms with Gasteiger partial charge in [0.25, 0.3) is 5.91 Å². The normalized spacial score (nSPS) is 20.4. The molecule has 0 aromatic heterocycles. The quantitative estimate of drug-likeness (QED) is 0.578. The lowest BCUT2D eigenvalue weighted by Gasteiger charge is -2.45. The van der Waals surface area contributed by atoms with E-state index in [1.807, 2.05) is 59.5 Å². The van der Waals surface area contributed by atoms with Crippen LogP contribution in [0.5, 0.6) is 5.75 Å². The lowest BCUT2D eigenvalue weighted by molar-refractivity contribution is 0.0960. The van der Waals surface area contributed by atoms with E-state index in [9.17, 15) is 4.79 Å². The molecule has 0 spiro atoms. The van der Waals surface area contributed by atoms with Gasteiger partial charge in [0.2, 0.25) is 0 Å². The molecule has 3 atom stereocenters. The highest BCUT2D eigenvalue weighted by Crippen LogP contribution is 2.44. The van der Waals surface area contributed by atoms with Gasteiger partial charge in [-0.3, -0.25) is 4.79 Å². The van der Waals surface area contributed by atoms with Crippen molar-refractivity contribution in [1.82, 2.24) is 0 Å². The molecular formula is C26H28N2O2. The number of nitrogens with zero attached hydrogens (tertiary/aromatic N) is 1. The van der Waals surface area contributed by atoms with E-state index in [2.05, 4.69) is 43.4 Å². The number of carbonyl (C=O) groups excluding carboxylic acids is 1. The number of amides is 1. The van der Waals surface area contributed by atoms with Crippen molar-refractivity contribution in [3.63, 3.8) is 0 Å². The van der Waals surface area contributed by atoms with Crippen LogP contribution in [0.2, 0.25) is 0 Å². The molecule has 3 aromatic carbocycles. The first-order valence-corrected chi connectivity index (χ1v) is 10.5. The van der Waals surface area contributed by atoms with Crippen LogP contribution in [0.3, 0.4) is 0 Å². The van der Waals surface area contributed by atoms with Crippen LogP contribution in [0, 0.1) is 5.92 Å². The lowest BCUT2D eigenvalue weighted by atomic mass is 9.80. The number of nitrogens with one attached hydrogen (secondary N) is 1. The third kappa shape index (κ3) is 3.65. The Hall–Kier alpha value is -3.27. The Morgan fingerprint density at radius 2 is 1.63 bits per heavy atom. The van der Waals surface area contributed by atoms with Crippen molar-refractivity contribution in [2.75, 3.05) is 17.3 Å². The van der Waals surface area contributed by atoms with E-state index < -0.39 is 0 Å². The molecule has 4 rings (SSSR count). The second kappa shape index (κ2) is 8.62. The first-order chi connectivity index (χ1) is 14.6. The molecule has 4 heteroatoms. The Labute approximate surface area is 178 Å². The van der Waals surface area contributed by atoms with Crippen LogP contribution in [0.15, 0.2) is 78.9 Å². The molecule has 0 saturated carbocycles. The zero-order valence-electron chi connectivity index (χ0n) is 17.7. The predicted octanol–water partition coefficient (Wildman–Crippen LogP) is 5.92. The predicted molar refractivity (Wildman–Crippen MR) is 122 cm³/mol. The third-order valence-corrected chi connectivity index (χ3v) is 6.07. The van der Waals surface area contributed by atoms with E-state index in [0.29, 0.717) is 5.56 Å². The molecule has 0 saturated heterocycles. The number of para-hydroxylation sites is 2. The number of methoxy groups -OCH3 is 1. The number of hydrogen-bond donors (Lipinski definition) is 1. The van der Waals surface area contributed by atoms with Gasteiger partial charge in [-0.25, -0.2) is 0 Å². The van der Waals surface area contributed by atoms with Gasteiger partial charge < -0.3 is 15.0 Å². The Morgan fingerprint density at radius 1 is 0.967 bits per heavy atom.